The number of amides is 1. The molecule has 0 aliphatic rings. The Morgan fingerprint density at radius 3 is 2.79 bits per heavy atom. The van der Waals surface area contributed by atoms with Gasteiger partial charge in [0.2, 0.25) is 11.8 Å². The number of aromatic nitrogens is 2. The lowest BCUT2D eigenvalue weighted by atomic mass is 10.1. The molecule has 1 aromatic carbocycles. The SMILES string of the molecule is CCCN(C(=O)CSCc1noc(C)n1)C(C)c1ccccc1Br. The minimum atomic E-state index is 0.0287. The fourth-order valence-corrected chi connectivity index (χ4v) is 3.83. The number of carbonyl (C=O) groups excluding carboxylic acids is 1. The van der Waals surface area contributed by atoms with E-state index in [0.29, 0.717) is 23.2 Å². The minimum absolute atomic E-state index is 0.0287. The average molecular weight is 412 g/mol. The van der Waals surface area contributed by atoms with E-state index in [-0.39, 0.29) is 11.9 Å². The van der Waals surface area contributed by atoms with Gasteiger partial charge in [-0.2, -0.15) is 4.98 Å². The molecule has 0 saturated heterocycles. The maximum absolute atomic E-state index is 12.7. The Kier molecular flexibility index (Phi) is 7.30. The maximum atomic E-state index is 12.7. The van der Waals surface area contributed by atoms with Crippen LogP contribution in [-0.2, 0) is 10.5 Å². The molecule has 5 nitrogen and oxygen atoms in total. The van der Waals surface area contributed by atoms with E-state index < -0.39 is 0 Å². The first-order valence-corrected chi connectivity index (χ1v) is 9.88. The number of aryl methyl sites for hydroxylation is 1. The van der Waals surface area contributed by atoms with Crippen LogP contribution in [0.25, 0.3) is 0 Å². The van der Waals surface area contributed by atoms with Crippen LogP contribution in [0.2, 0.25) is 0 Å². The first-order chi connectivity index (χ1) is 11.5. The van der Waals surface area contributed by atoms with Gasteiger partial charge in [-0.1, -0.05) is 46.2 Å². The van der Waals surface area contributed by atoms with Crippen LogP contribution >= 0.6 is 27.7 Å². The van der Waals surface area contributed by atoms with Crippen LogP contribution in [0, 0.1) is 6.92 Å². The Bertz CT molecular complexity index is 677. The van der Waals surface area contributed by atoms with Gasteiger partial charge in [-0.3, -0.25) is 4.79 Å². The predicted octanol–water partition coefficient (Wildman–Crippen LogP) is 4.37. The molecule has 2 aromatic rings. The molecule has 1 amide bonds. The highest BCUT2D eigenvalue weighted by atomic mass is 79.9. The lowest BCUT2D eigenvalue weighted by Crippen LogP contribution is -2.35. The van der Waals surface area contributed by atoms with Crippen molar-refractivity contribution in [2.75, 3.05) is 12.3 Å². The molecule has 1 unspecified atom stereocenters. The smallest absolute Gasteiger partial charge is 0.233 e. The average Bonchev–Trinajstić information content (AvgIpc) is 2.97. The predicted molar refractivity (Wildman–Crippen MR) is 99.8 cm³/mol. The zero-order chi connectivity index (χ0) is 17.5. The van der Waals surface area contributed by atoms with Crippen molar-refractivity contribution in [3.8, 4) is 0 Å². The van der Waals surface area contributed by atoms with E-state index in [1.54, 1.807) is 6.92 Å². The summed E-state index contributed by atoms with van der Waals surface area (Å²) in [5.41, 5.74) is 1.12. The number of hydrogen-bond acceptors (Lipinski definition) is 5. The minimum Gasteiger partial charge on any atom is -0.340 e. The molecule has 0 spiro atoms. The monoisotopic (exact) mass is 411 g/mol. The van der Waals surface area contributed by atoms with E-state index in [1.165, 1.54) is 11.8 Å². The van der Waals surface area contributed by atoms with Crippen molar-refractivity contribution < 1.29 is 9.32 Å². The molecule has 0 N–H and O–H groups in total. The lowest BCUT2D eigenvalue weighted by Gasteiger charge is -2.30. The number of hydrogen-bond donors (Lipinski definition) is 0. The Morgan fingerprint density at radius 1 is 1.42 bits per heavy atom. The Labute approximate surface area is 155 Å². The highest BCUT2D eigenvalue weighted by Gasteiger charge is 2.22. The zero-order valence-electron chi connectivity index (χ0n) is 14.2. The first-order valence-electron chi connectivity index (χ1n) is 7.93. The number of benzene rings is 1. The standard InChI is InChI=1S/C17H22BrN3O2S/c1-4-9-21(12(2)14-7-5-6-8-15(14)18)17(22)11-24-10-16-19-13(3)23-20-16/h5-8,12H,4,9-11H2,1-3H3. The van der Waals surface area contributed by atoms with Crippen LogP contribution in [-0.4, -0.2) is 33.2 Å². The summed E-state index contributed by atoms with van der Waals surface area (Å²) in [6.45, 7) is 6.65. The molecule has 24 heavy (non-hydrogen) atoms. The van der Waals surface area contributed by atoms with Gasteiger partial charge in [0, 0.05) is 17.9 Å². The molecule has 0 saturated carbocycles. The van der Waals surface area contributed by atoms with Crippen LogP contribution in [0.1, 0.15) is 43.6 Å². The fraction of sp³-hybridized carbons (Fsp3) is 0.471. The van der Waals surface area contributed by atoms with Crippen LogP contribution in [0.4, 0.5) is 0 Å². The molecule has 2 rings (SSSR count). The molecule has 0 radical (unpaired) electrons. The third kappa shape index (κ3) is 5.08. The van der Waals surface area contributed by atoms with Gasteiger partial charge >= 0.3 is 0 Å². The van der Waals surface area contributed by atoms with Crippen LogP contribution < -0.4 is 0 Å². The molecule has 7 heteroatoms. The van der Waals surface area contributed by atoms with Gasteiger partial charge in [-0.15, -0.1) is 11.8 Å². The van der Waals surface area contributed by atoms with E-state index in [0.717, 1.165) is 23.0 Å². The lowest BCUT2D eigenvalue weighted by molar-refractivity contribution is -0.130. The van der Waals surface area contributed by atoms with Crippen molar-refractivity contribution in [1.82, 2.24) is 15.0 Å². The van der Waals surface area contributed by atoms with Crippen molar-refractivity contribution >= 4 is 33.6 Å². The summed E-state index contributed by atoms with van der Waals surface area (Å²) in [7, 11) is 0. The summed E-state index contributed by atoms with van der Waals surface area (Å²) in [5, 5.41) is 3.85. The summed E-state index contributed by atoms with van der Waals surface area (Å²) in [6.07, 6.45) is 0.926. The highest BCUT2D eigenvalue weighted by Crippen LogP contribution is 2.28. The van der Waals surface area contributed by atoms with Crippen LogP contribution in [0.5, 0.6) is 0 Å². The molecule has 1 atom stereocenters. The molecule has 0 aliphatic heterocycles. The second kappa shape index (κ2) is 9.22. The third-order valence-corrected chi connectivity index (χ3v) is 5.27. The summed E-state index contributed by atoms with van der Waals surface area (Å²) in [5.74, 6) is 2.29. The van der Waals surface area contributed by atoms with E-state index in [4.69, 9.17) is 4.52 Å². The van der Waals surface area contributed by atoms with E-state index in [2.05, 4.69) is 46.0 Å². The Morgan fingerprint density at radius 2 is 2.17 bits per heavy atom. The van der Waals surface area contributed by atoms with Gasteiger partial charge in [0.1, 0.15) is 0 Å². The summed E-state index contributed by atoms with van der Waals surface area (Å²) in [6, 6.07) is 8.07. The van der Waals surface area contributed by atoms with Crippen molar-refractivity contribution in [3.63, 3.8) is 0 Å². The van der Waals surface area contributed by atoms with Crippen LogP contribution in [0.3, 0.4) is 0 Å². The number of halogens is 1. The van der Waals surface area contributed by atoms with Crippen molar-refractivity contribution in [2.45, 2.75) is 39.0 Å². The summed E-state index contributed by atoms with van der Waals surface area (Å²) >= 11 is 5.09. The summed E-state index contributed by atoms with van der Waals surface area (Å²) in [4.78, 5) is 18.8. The van der Waals surface area contributed by atoms with Gasteiger partial charge in [0.15, 0.2) is 5.82 Å². The fourth-order valence-electron chi connectivity index (χ4n) is 2.47. The van der Waals surface area contributed by atoms with E-state index in [1.807, 2.05) is 23.1 Å². The van der Waals surface area contributed by atoms with Gasteiger partial charge in [-0.25, -0.2) is 0 Å². The molecule has 1 heterocycles. The molecule has 0 aliphatic carbocycles. The van der Waals surface area contributed by atoms with E-state index >= 15 is 0 Å². The van der Waals surface area contributed by atoms with Gasteiger partial charge < -0.3 is 9.42 Å². The molecule has 130 valence electrons. The second-order valence-corrected chi connectivity index (χ2v) is 7.35. The number of nitrogens with zero attached hydrogens (tertiary/aromatic N) is 3. The van der Waals surface area contributed by atoms with Crippen LogP contribution in [0.15, 0.2) is 33.3 Å². The molecule has 1 aromatic heterocycles. The van der Waals surface area contributed by atoms with Crippen molar-refractivity contribution in [2.24, 2.45) is 0 Å². The van der Waals surface area contributed by atoms with Gasteiger partial charge in [0.25, 0.3) is 0 Å². The number of carbonyl (C=O) groups is 1. The Balaban J connectivity index is 1.98. The normalized spacial score (nSPS) is 12.2. The number of thioether (sulfide) groups is 1. The molecular formula is C17H22BrN3O2S. The van der Waals surface area contributed by atoms with Gasteiger partial charge in [0.05, 0.1) is 17.5 Å². The largest absolute Gasteiger partial charge is 0.340 e. The Hall–Kier alpha value is -1.34. The number of rotatable bonds is 8. The van der Waals surface area contributed by atoms with Gasteiger partial charge in [-0.05, 0) is 25.0 Å². The quantitative estimate of drug-likeness (QED) is 0.644. The molecule has 0 fully saturated rings. The highest BCUT2D eigenvalue weighted by molar-refractivity contribution is 9.10. The molecular weight excluding hydrogens is 390 g/mol. The molecule has 0 bridgehead atoms. The third-order valence-electron chi connectivity index (χ3n) is 3.63. The second-order valence-electron chi connectivity index (χ2n) is 5.51. The van der Waals surface area contributed by atoms with E-state index in [9.17, 15) is 4.79 Å². The van der Waals surface area contributed by atoms with Crippen molar-refractivity contribution in [1.29, 1.82) is 0 Å². The summed E-state index contributed by atoms with van der Waals surface area (Å²) < 4.78 is 5.97. The zero-order valence-corrected chi connectivity index (χ0v) is 16.6. The topological polar surface area (TPSA) is 59.2 Å². The van der Waals surface area contributed by atoms with Crippen molar-refractivity contribution in [3.05, 3.63) is 46.0 Å². The maximum Gasteiger partial charge on any atom is 0.233 e. The first kappa shape index (κ1) is 19.0.